The summed E-state index contributed by atoms with van der Waals surface area (Å²) in [5.74, 6) is 0.634. The molecular formula is C22H20ClN5O. The van der Waals surface area contributed by atoms with E-state index in [9.17, 15) is 4.79 Å². The van der Waals surface area contributed by atoms with Crippen molar-refractivity contribution in [1.29, 1.82) is 0 Å². The summed E-state index contributed by atoms with van der Waals surface area (Å²) >= 11 is 6.18. The summed E-state index contributed by atoms with van der Waals surface area (Å²) in [5, 5.41) is 0.675. The van der Waals surface area contributed by atoms with Gasteiger partial charge in [0.1, 0.15) is 11.5 Å². The van der Waals surface area contributed by atoms with Crippen LogP contribution in [0.15, 0.2) is 53.5 Å². The third-order valence-corrected chi connectivity index (χ3v) is 5.67. The van der Waals surface area contributed by atoms with Gasteiger partial charge in [-0.25, -0.2) is 9.97 Å². The summed E-state index contributed by atoms with van der Waals surface area (Å²) < 4.78 is 2.04. The summed E-state index contributed by atoms with van der Waals surface area (Å²) in [6.45, 7) is 4.12. The van der Waals surface area contributed by atoms with Crippen LogP contribution in [-0.2, 0) is 19.5 Å². The van der Waals surface area contributed by atoms with Crippen molar-refractivity contribution >= 4 is 17.2 Å². The molecule has 5 rings (SSSR count). The van der Waals surface area contributed by atoms with E-state index in [0.29, 0.717) is 23.9 Å². The zero-order valence-electron chi connectivity index (χ0n) is 16.0. The standard InChI is InChI=1S/C22H20ClN5O/c1-14-19(28-11-16(23)7-8-20(28)24-14)13-27-10-9-18-17(12-27)22(29)26-21(25-18)15-5-3-2-4-6-15/h2-8,11H,9-10,12-13H2,1H3,(H,25,26,29). The maximum absolute atomic E-state index is 12.8. The SMILES string of the molecule is Cc1nc2ccc(Cl)cn2c1CN1CCc2nc(-c3ccccc3)[nH]c(=O)c2C1. The maximum atomic E-state index is 12.8. The average molecular weight is 406 g/mol. The minimum atomic E-state index is -0.0588. The molecule has 1 aliphatic heterocycles. The van der Waals surface area contributed by atoms with Gasteiger partial charge in [-0.15, -0.1) is 0 Å². The first-order valence-corrected chi connectivity index (χ1v) is 9.99. The van der Waals surface area contributed by atoms with Gasteiger partial charge in [0.05, 0.1) is 27.7 Å². The van der Waals surface area contributed by atoms with Crippen LogP contribution in [0.5, 0.6) is 0 Å². The molecule has 3 aromatic heterocycles. The van der Waals surface area contributed by atoms with E-state index in [1.807, 2.05) is 60.0 Å². The van der Waals surface area contributed by atoms with Gasteiger partial charge in [0.2, 0.25) is 0 Å². The Kier molecular flexibility index (Phi) is 4.45. The van der Waals surface area contributed by atoms with Crippen molar-refractivity contribution in [1.82, 2.24) is 24.3 Å². The minimum Gasteiger partial charge on any atom is -0.306 e. The van der Waals surface area contributed by atoms with E-state index in [1.165, 1.54) is 0 Å². The number of pyridine rings is 1. The molecule has 6 nitrogen and oxygen atoms in total. The molecule has 7 heteroatoms. The Hall–Kier alpha value is -2.96. The van der Waals surface area contributed by atoms with E-state index < -0.39 is 0 Å². The number of imidazole rings is 1. The summed E-state index contributed by atoms with van der Waals surface area (Å²) in [6, 6.07) is 13.5. The Morgan fingerprint density at radius 1 is 1.14 bits per heavy atom. The average Bonchev–Trinajstić information content (AvgIpc) is 3.03. The molecule has 29 heavy (non-hydrogen) atoms. The summed E-state index contributed by atoms with van der Waals surface area (Å²) in [5.41, 5.74) is 5.46. The van der Waals surface area contributed by atoms with Crippen LogP contribution in [0.1, 0.15) is 22.6 Å². The minimum absolute atomic E-state index is 0.0588. The molecule has 4 aromatic rings. The van der Waals surface area contributed by atoms with Crippen molar-refractivity contribution in [3.63, 3.8) is 0 Å². The van der Waals surface area contributed by atoms with Gasteiger partial charge in [-0.05, 0) is 19.1 Å². The molecule has 0 saturated carbocycles. The highest BCUT2D eigenvalue weighted by atomic mass is 35.5. The van der Waals surface area contributed by atoms with Crippen molar-refractivity contribution in [3.05, 3.63) is 86.7 Å². The number of H-pyrrole nitrogens is 1. The van der Waals surface area contributed by atoms with Gasteiger partial charge >= 0.3 is 0 Å². The van der Waals surface area contributed by atoms with Crippen molar-refractivity contribution in [2.75, 3.05) is 6.54 Å². The van der Waals surface area contributed by atoms with Crippen LogP contribution in [0.25, 0.3) is 17.0 Å². The van der Waals surface area contributed by atoms with E-state index in [4.69, 9.17) is 16.6 Å². The molecule has 1 aliphatic rings. The van der Waals surface area contributed by atoms with Gasteiger partial charge < -0.3 is 9.38 Å². The first-order chi connectivity index (χ1) is 14.1. The van der Waals surface area contributed by atoms with E-state index >= 15 is 0 Å². The van der Waals surface area contributed by atoms with E-state index in [-0.39, 0.29) is 5.56 Å². The fourth-order valence-corrected chi connectivity index (χ4v) is 4.10. The van der Waals surface area contributed by atoms with Crippen LogP contribution in [0.3, 0.4) is 0 Å². The fourth-order valence-electron chi connectivity index (χ4n) is 3.94. The third-order valence-electron chi connectivity index (χ3n) is 5.45. The summed E-state index contributed by atoms with van der Waals surface area (Å²) in [6.07, 6.45) is 2.64. The quantitative estimate of drug-likeness (QED) is 0.565. The number of hydrogen-bond donors (Lipinski definition) is 1. The van der Waals surface area contributed by atoms with Crippen molar-refractivity contribution in [2.45, 2.75) is 26.4 Å². The topological polar surface area (TPSA) is 66.3 Å². The second-order valence-corrected chi connectivity index (χ2v) is 7.82. The Bertz CT molecular complexity index is 1260. The molecule has 4 heterocycles. The normalized spacial score (nSPS) is 14.3. The molecule has 0 amide bonds. The van der Waals surface area contributed by atoms with Crippen LogP contribution < -0.4 is 5.56 Å². The number of nitrogens with zero attached hydrogens (tertiary/aromatic N) is 4. The number of rotatable bonds is 3. The van der Waals surface area contributed by atoms with Crippen molar-refractivity contribution in [3.8, 4) is 11.4 Å². The highest BCUT2D eigenvalue weighted by Gasteiger charge is 2.23. The number of halogens is 1. The lowest BCUT2D eigenvalue weighted by Crippen LogP contribution is -2.35. The molecule has 0 radical (unpaired) electrons. The van der Waals surface area contributed by atoms with Crippen LogP contribution >= 0.6 is 11.6 Å². The Labute approximate surface area is 172 Å². The van der Waals surface area contributed by atoms with Crippen LogP contribution in [-0.4, -0.2) is 30.8 Å². The zero-order chi connectivity index (χ0) is 20.0. The number of aryl methyl sites for hydroxylation is 1. The summed E-state index contributed by atoms with van der Waals surface area (Å²) in [7, 11) is 0. The van der Waals surface area contributed by atoms with Crippen LogP contribution in [0, 0.1) is 6.92 Å². The van der Waals surface area contributed by atoms with E-state index in [0.717, 1.165) is 46.8 Å². The first-order valence-electron chi connectivity index (χ1n) is 9.61. The third kappa shape index (κ3) is 3.34. The van der Waals surface area contributed by atoms with Gasteiger partial charge in [-0.2, -0.15) is 0 Å². The number of fused-ring (bicyclic) bond motifs is 2. The molecule has 1 aromatic carbocycles. The molecule has 0 aliphatic carbocycles. The van der Waals surface area contributed by atoms with Gasteiger partial charge in [0.15, 0.2) is 0 Å². The molecule has 0 fully saturated rings. The monoisotopic (exact) mass is 405 g/mol. The lowest BCUT2D eigenvalue weighted by Gasteiger charge is -2.27. The van der Waals surface area contributed by atoms with Crippen LogP contribution in [0.4, 0.5) is 0 Å². The lowest BCUT2D eigenvalue weighted by molar-refractivity contribution is 0.238. The first kappa shape index (κ1) is 18.1. The lowest BCUT2D eigenvalue weighted by atomic mass is 10.1. The van der Waals surface area contributed by atoms with Crippen LogP contribution in [0.2, 0.25) is 5.02 Å². The molecule has 0 unspecified atom stereocenters. The van der Waals surface area contributed by atoms with Gasteiger partial charge in [-0.1, -0.05) is 41.9 Å². The smallest absolute Gasteiger partial charge is 0.255 e. The molecule has 0 bridgehead atoms. The Morgan fingerprint density at radius 2 is 1.97 bits per heavy atom. The molecule has 0 saturated heterocycles. The highest BCUT2D eigenvalue weighted by Crippen LogP contribution is 2.22. The maximum Gasteiger partial charge on any atom is 0.255 e. The number of aromatic amines is 1. The molecule has 0 atom stereocenters. The van der Waals surface area contributed by atoms with Crippen molar-refractivity contribution < 1.29 is 0 Å². The Morgan fingerprint density at radius 3 is 2.79 bits per heavy atom. The predicted molar refractivity (Wildman–Crippen MR) is 113 cm³/mol. The zero-order valence-corrected chi connectivity index (χ0v) is 16.8. The van der Waals surface area contributed by atoms with E-state index in [1.54, 1.807) is 0 Å². The van der Waals surface area contributed by atoms with Gasteiger partial charge in [-0.3, -0.25) is 9.69 Å². The highest BCUT2D eigenvalue weighted by molar-refractivity contribution is 6.30. The number of hydrogen-bond acceptors (Lipinski definition) is 4. The largest absolute Gasteiger partial charge is 0.306 e. The molecule has 0 spiro atoms. The van der Waals surface area contributed by atoms with Gasteiger partial charge in [0, 0.05) is 37.8 Å². The summed E-state index contributed by atoms with van der Waals surface area (Å²) in [4.78, 5) is 27.3. The second-order valence-electron chi connectivity index (χ2n) is 7.39. The van der Waals surface area contributed by atoms with Crippen molar-refractivity contribution in [2.24, 2.45) is 0 Å². The number of aromatic nitrogens is 4. The molecule has 146 valence electrons. The van der Waals surface area contributed by atoms with E-state index in [2.05, 4.69) is 14.9 Å². The molecule has 1 N–H and O–H groups in total. The second kappa shape index (κ2) is 7.13. The van der Waals surface area contributed by atoms with Gasteiger partial charge in [0.25, 0.3) is 5.56 Å². The number of benzene rings is 1. The molecular weight excluding hydrogens is 386 g/mol. The number of nitrogens with one attached hydrogen (secondary N) is 1. The fraction of sp³-hybridized carbons (Fsp3) is 0.227. The predicted octanol–water partition coefficient (Wildman–Crippen LogP) is 3.60. The Balaban J connectivity index is 1.44.